The third-order valence-corrected chi connectivity index (χ3v) is 6.08. The molecule has 0 aliphatic rings. The van der Waals surface area contributed by atoms with E-state index >= 15 is 0 Å². The van der Waals surface area contributed by atoms with Gasteiger partial charge in [0.05, 0.1) is 23.7 Å². The minimum Gasteiger partial charge on any atom is -0.497 e. The summed E-state index contributed by atoms with van der Waals surface area (Å²) in [4.78, 5) is 12.8. The van der Waals surface area contributed by atoms with E-state index < -0.39 is 27.1 Å². The Morgan fingerprint density at radius 1 is 1.04 bits per heavy atom. The Kier molecular flexibility index (Phi) is 6.65. The molecule has 27 heavy (non-hydrogen) atoms. The molecule has 0 N–H and O–H groups in total. The minimum atomic E-state index is -3.68. The molecule has 0 aliphatic heterocycles. The summed E-state index contributed by atoms with van der Waals surface area (Å²) in [5.74, 6) is -1.18. The second-order valence-corrected chi connectivity index (χ2v) is 9.51. The van der Waals surface area contributed by atoms with Crippen molar-refractivity contribution in [2.75, 3.05) is 12.9 Å². The number of sulfone groups is 1. The number of carbonyl (C=O) groups excluding carboxylic acids is 1. The highest BCUT2D eigenvalue weighted by atomic mass is 32.2. The van der Waals surface area contributed by atoms with Crippen LogP contribution < -0.4 is 4.74 Å². The first kappa shape index (κ1) is 21.0. The van der Waals surface area contributed by atoms with Gasteiger partial charge in [-0.2, -0.15) is 0 Å². The summed E-state index contributed by atoms with van der Waals surface area (Å²) in [5.41, 5.74) is 0.286. The van der Waals surface area contributed by atoms with Gasteiger partial charge in [-0.1, -0.05) is 57.2 Å². The lowest BCUT2D eigenvalue weighted by Gasteiger charge is -2.28. The standard InChI is InChI=1S/C21H26O5S/c1-21(2,3)19(20(22)26-14-16-9-6-5-7-10-16)15-27(23,24)18-12-8-11-17(13-18)25-4/h5-13,19H,14-15H2,1-4H3/t19-/m0/s1. The Labute approximate surface area is 161 Å². The highest BCUT2D eigenvalue weighted by Crippen LogP contribution is 2.31. The highest BCUT2D eigenvalue weighted by Gasteiger charge is 2.37. The number of rotatable bonds is 7. The second-order valence-electron chi connectivity index (χ2n) is 7.47. The number of methoxy groups -OCH3 is 1. The zero-order valence-corrected chi connectivity index (χ0v) is 17.0. The maximum absolute atomic E-state index is 12.9. The summed E-state index contributed by atoms with van der Waals surface area (Å²) >= 11 is 0. The van der Waals surface area contributed by atoms with Crippen molar-refractivity contribution < 1.29 is 22.7 Å². The topological polar surface area (TPSA) is 69.7 Å². The normalized spacial score (nSPS) is 13.0. The van der Waals surface area contributed by atoms with Gasteiger partial charge in [-0.15, -0.1) is 0 Å². The van der Waals surface area contributed by atoms with Gasteiger partial charge in [-0.25, -0.2) is 8.42 Å². The first-order chi connectivity index (χ1) is 12.6. The van der Waals surface area contributed by atoms with Crippen LogP contribution in [-0.2, 0) is 26.0 Å². The van der Waals surface area contributed by atoms with E-state index in [1.165, 1.54) is 19.2 Å². The van der Waals surface area contributed by atoms with Crippen molar-refractivity contribution in [3.63, 3.8) is 0 Å². The number of benzene rings is 2. The van der Waals surface area contributed by atoms with E-state index in [0.717, 1.165) is 5.56 Å². The highest BCUT2D eigenvalue weighted by molar-refractivity contribution is 7.91. The first-order valence-corrected chi connectivity index (χ1v) is 10.4. The molecule has 2 rings (SSSR count). The van der Waals surface area contributed by atoms with Crippen molar-refractivity contribution in [3.05, 3.63) is 60.2 Å². The molecule has 0 bridgehead atoms. The minimum absolute atomic E-state index is 0.117. The quantitative estimate of drug-likeness (QED) is 0.671. The smallest absolute Gasteiger partial charge is 0.310 e. The molecule has 0 radical (unpaired) electrons. The maximum Gasteiger partial charge on any atom is 0.310 e. The fourth-order valence-corrected chi connectivity index (χ4v) is 4.46. The molecule has 146 valence electrons. The average Bonchev–Trinajstić information content (AvgIpc) is 2.64. The number of hydrogen-bond acceptors (Lipinski definition) is 5. The van der Waals surface area contributed by atoms with Crippen molar-refractivity contribution in [1.29, 1.82) is 0 Å². The molecule has 0 amide bonds. The van der Waals surface area contributed by atoms with Crippen LogP contribution in [0.2, 0.25) is 0 Å². The first-order valence-electron chi connectivity index (χ1n) is 8.71. The zero-order chi connectivity index (χ0) is 20.1. The molecule has 2 aromatic rings. The average molecular weight is 391 g/mol. The number of ether oxygens (including phenoxy) is 2. The summed E-state index contributed by atoms with van der Waals surface area (Å²) in [7, 11) is -2.21. The number of hydrogen-bond donors (Lipinski definition) is 0. The predicted molar refractivity (Wildman–Crippen MR) is 104 cm³/mol. The molecule has 0 saturated carbocycles. The van der Waals surface area contributed by atoms with E-state index in [-0.39, 0.29) is 17.3 Å². The van der Waals surface area contributed by atoms with Crippen molar-refractivity contribution in [1.82, 2.24) is 0 Å². The second kappa shape index (κ2) is 8.57. The molecule has 0 saturated heterocycles. The van der Waals surface area contributed by atoms with Gasteiger partial charge in [0.15, 0.2) is 9.84 Å². The van der Waals surface area contributed by atoms with Crippen LogP contribution in [-0.4, -0.2) is 27.2 Å². The van der Waals surface area contributed by atoms with E-state index in [1.54, 1.807) is 12.1 Å². The Morgan fingerprint density at radius 3 is 2.30 bits per heavy atom. The Morgan fingerprint density at radius 2 is 1.70 bits per heavy atom. The lowest BCUT2D eigenvalue weighted by molar-refractivity contribution is -0.152. The van der Waals surface area contributed by atoms with Crippen molar-refractivity contribution >= 4 is 15.8 Å². The van der Waals surface area contributed by atoms with E-state index in [1.807, 2.05) is 51.1 Å². The van der Waals surface area contributed by atoms with Crippen LogP contribution in [0, 0.1) is 11.3 Å². The maximum atomic E-state index is 12.9. The molecule has 0 heterocycles. The van der Waals surface area contributed by atoms with E-state index in [4.69, 9.17) is 9.47 Å². The summed E-state index contributed by atoms with van der Waals surface area (Å²) in [6.45, 7) is 5.62. The van der Waals surface area contributed by atoms with Crippen LogP contribution >= 0.6 is 0 Å². The Bertz CT molecular complexity index is 867. The molecule has 6 heteroatoms. The van der Waals surface area contributed by atoms with Crippen molar-refractivity contribution in [2.45, 2.75) is 32.3 Å². The molecule has 0 spiro atoms. The van der Waals surface area contributed by atoms with Gasteiger partial charge < -0.3 is 9.47 Å². The summed E-state index contributed by atoms with van der Waals surface area (Å²) in [5, 5.41) is 0. The Hall–Kier alpha value is -2.34. The van der Waals surface area contributed by atoms with Gasteiger partial charge in [-0.3, -0.25) is 4.79 Å². The summed E-state index contributed by atoms with van der Waals surface area (Å²) in [6.07, 6.45) is 0. The van der Waals surface area contributed by atoms with Gasteiger partial charge in [0.2, 0.25) is 0 Å². The van der Waals surface area contributed by atoms with Crippen LogP contribution in [0.5, 0.6) is 5.75 Å². The van der Waals surface area contributed by atoms with Gasteiger partial charge in [0.1, 0.15) is 12.4 Å². The molecule has 5 nitrogen and oxygen atoms in total. The molecule has 0 unspecified atom stereocenters. The molecule has 1 atom stereocenters. The van der Waals surface area contributed by atoms with Crippen LogP contribution in [0.25, 0.3) is 0 Å². The number of carbonyl (C=O) groups is 1. The van der Waals surface area contributed by atoms with Gasteiger partial charge in [0.25, 0.3) is 0 Å². The fraction of sp³-hybridized carbons (Fsp3) is 0.381. The number of esters is 1. The van der Waals surface area contributed by atoms with Crippen LogP contribution in [0.1, 0.15) is 26.3 Å². The SMILES string of the molecule is COc1cccc(S(=O)(=O)C[C@@H](C(=O)OCc2ccccc2)C(C)(C)C)c1. The molecular weight excluding hydrogens is 364 g/mol. The molecule has 0 aromatic heterocycles. The Balaban J connectivity index is 2.19. The zero-order valence-electron chi connectivity index (χ0n) is 16.1. The van der Waals surface area contributed by atoms with E-state index in [2.05, 4.69) is 0 Å². The van der Waals surface area contributed by atoms with Crippen LogP contribution in [0.3, 0.4) is 0 Å². The van der Waals surface area contributed by atoms with Crippen LogP contribution in [0.4, 0.5) is 0 Å². The summed E-state index contributed by atoms with van der Waals surface area (Å²) < 4.78 is 36.3. The molecule has 2 aromatic carbocycles. The third kappa shape index (κ3) is 5.82. The third-order valence-electron chi connectivity index (χ3n) is 4.34. The fourth-order valence-electron chi connectivity index (χ4n) is 2.61. The molecule has 0 fully saturated rings. The van der Waals surface area contributed by atoms with Crippen LogP contribution in [0.15, 0.2) is 59.5 Å². The lowest BCUT2D eigenvalue weighted by Crippen LogP contribution is -2.36. The molecule has 0 aliphatic carbocycles. The van der Waals surface area contributed by atoms with E-state index in [0.29, 0.717) is 5.75 Å². The van der Waals surface area contributed by atoms with Gasteiger partial charge >= 0.3 is 5.97 Å². The largest absolute Gasteiger partial charge is 0.497 e. The monoisotopic (exact) mass is 390 g/mol. The van der Waals surface area contributed by atoms with Gasteiger partial charge in [0, 0.05) is 0 Å². The predicted octanol–water partition coefficient (Wildman–Crippen LogP) is 3.87. The lowest BCUT2D eigenvalue weighted by atomic mass is 9.82. The molecular formula is C21H26O5S. The summed E-state index contributed by atoms with van der Waals surface area (Å²) in [6, 6.07) is 15.6. The van der Waals surface area contributed by atoms with Crippen molar-refractivity contribution in [2.24, 2.45) is 11.3 Å². The van der Waals surface area contributed by atoms with Gasteiger partial charge in [-0.05, 0) is 29.2 Å². The van der Waals surface area contributed by atoms with Crippen molar-refractivity contribution in [3.8, 4) is 5.75 Å². The van der Waals surface area contributed by atoms with E-state index in [9.17, 15) is 13.2 Å².